The molecule has 0 amide bonds. The predicted molar refractivity (Wildman–Crippen MR) is 166 cm³/mol. The highest BCUT2D eigenvalue weighted by molar-refractivity contribution is 6.06. The Hall–Kier alpha value is -4.51. The monoisotopic (exact) mass is 621 g/mol. The second-order valence-corrected chi connectivity index (χ2v) is 11.2. The third-order valence-corrected chi connectivity index (χ3v) is 7.73. The highest BCUT2D eigenvalue weighted by Gasteiger charge is 2.23. The number of rotatable bonds is 13. The van der Waals surface area contributed by atoms with Gasteiger partial charge in [-0.3, -0.25) is 4.79 Å². The minimum absolute atomic E-state index is 0.0553. The minimum Gasteiger partial charge on any atom is -0.420 e. The summed E-state index contributed by atoms with van der Waals surface area (Å²) in [5, 5.41) is 1.05. The number of ether oxygens (including phenoxy) is 1. The van der Waals surface area contributed by atoms with Gasteiger partial charge in [0.2, 0.25) is 17.4 Å². The topological polar surface area (TPSA) is 86.3 Å². The number of benzene rings is 3. The van der Waals surface area contributed by atoms with Crippen LogP contribution in [0.15, 0.2) is 54.6 Å². The normalized spacial score (nSPS) is 11.6. The van der Waals surface area contributed by atoms with Crippen LogP contribution in [0.2, 0.25) is 0 Å². The first-order chi connectivity index (χ1) is 21.7. The molecule has 7 nitrogen and oxygen atoms in total. The fourth-order valence-corrected chi connectivity index (χ4v) is 5.43. The average Bonchev–Trinajstić information content (AvgIpc) is 3.39. The summed E-state index contributed by atoms with van der Waals surface area (Å²) in [5.74, 6) is -7.75. The number of halogens is 4. The van der Waals surface area contributed by atoms with E-state index in [1.54, 1.807) is 12.1 Å². The zero-order valence-electron chi connectivity index (χ0n) is 25.3. The lowest BCUT2D eigenvalue weighted by atomic mass is 10.1. The highest BCUT2D eigenvalue weighted by atomic mass is 19.2. The Kier molecular flexibility index (Phi) is 9.97. The molecule has 5 aromatic rings. The molecule has 3 aromatic carbocycles. The standard InChI is InChI=1S/C34H35F4N5O2/c1-3-4-11-27-41-31-32(23-9-5-6-10-26(23)40-34(31)39)43(27)17-8-7-16-42(2)20-22-14-12-21(13-15-22)18-28(44)45-33-29(37)24(35)19-25(36)30(33)38/h5-6,9-10,12-15,19H,3-4,7-8,11,16-18,20H2,1-2H3,(H2,39,40). The van der Waals surface area contributed by atoms with Gasteiger partial charge in [-0.2, -0.15) is 8.78 Å². The number of anilines is 1. The van der Waals surface area contributed by atoms with E-state index in [0.717, 1.165) is 78.5 Å². The van der Waals surface area contributed by atoms with Crippen LogP contribution in [-0.2, 0) is 30.7 Å². The predicted octanol–water partition coefficient (Wildman–Crippen LogP) is 7.13. The van der Waals surface area contributed by atoms with Gasteiger partial charge in [0.25, 0.3) is 0 Å². The van der Waals surface area contributed by atoms with Crippen LogP contribution in [0.1, 0.15) is 49.6 Å². The summed E-state index contributed by atoms with van der Waals surface area (Å²) in [7, 11) is 2.03. The van der Waals surface area contributed by atoms with E-state index in [0.29, 0.717) is 17.9 Å². The summed E-state index contributed by atoms with van der Waals surface area (Å²) in [5.41, 5.74) is 10.5. The molecule has 0 saturated heterocycles. The zero-order chi connectivity index (χ0) is 32.1. The van der Waals surface area contributed by atoms with Crippen molar-refractivity contribution in [2.24, 2.45) is 0 Å². The molecule has 5 rings (SSSR count). The third-order valence-electron chi connectivity index (χ3n) is 7.73. The third kappa shape index (κ3) is 7.25. The van der Waals surface area contributed by atoms with Gasteiger partial charge in [0, 0.05) is 31.0 Å². The van der Waals surface area contributed by atoms with E-state index in [1.807, 2.05) is 37.4 Å². The van der Waals surface area contributed by atoms with Gasteiger partial charge in [0.15, 0.2) is 17.5 Å². The average molecular weight is 622 g/mol. The van der Waals surface area contributed by atoms with E-state index in [2.05, 4.69) is 32.2 Å². The van der Waals surface area contributed by atoms with Crippen molar-refractivity contribution in [3.8, 4) is 5.75 Å². The molecule has 45 heavy (non-hydrogen) atoms. The minimum atomic E-state index is -1.76. The van der Waals surface area contributed by atoms with Crippen LogP contribution >= 0.6 is 0 Å². The Morgan fingerprint density at radius 2 is 1.62 bits per heavy atom. The van der Waals surface area contributed by atoms with E-state index in [1.165, 1.54) is 0 Å². The van der Waals surface area contributed by atoms with Crippen molar-refractivity contribution in [1.82, 2.24) is 19.4 Å². The molecule has 0 fully saturated rings. The molecule has 2 N–H and O–H groups in total. The van der Waals surface area contributed by atoms with Crippen LogP contribution < -0.4 is 10.5 Å². The number of hydrogen-bond acceptors (Lipinski definition) is 6. The maximum atomic E-state index is 13.8. The number of esters is 1. The number of hydrogen-bond donors (Lipinski definition) is 1. The summed E-state index contributed by atoms with van der Waals surface area (Å²) in [6, 6.07) is 15.2. The lowest BCUT2D eigenvalue weighted by Crippen LogP contribution is -2.19. The first kappa shape index (κ1) is 31.9. The molecule has 0 aliphatic heterocycles. The molecule has 2 aromatic heterocycles. The number of nitrogens with zero attached hydrogens (tertiary/aromatic N) is 4. The number of nitrogen functional groups attached to an aromatic ring is 1. The van der Waals surface area contributed by atoms with E-state index in [4.69, 9.17) is 10.7 Å². The Morgan fingerprint density at radius 1 is 0.933 bits per heavy atom. The number of imidazole rings is 1. The highest BCUT2D eigenvalue weighted by Crippen LogP contribution is 2.30. The number of nitrogens with two attached hydrogens (primary N) is 1. The summed E-state index contributed by atoms with van der Waals surface area (Å²) in [6.45, 7) is 4.51. The van der Waals surface area contributed by atoms with Crippen molar-refractivity contribution in [1.29, 1.82) is 0 Å². The van der Waals surface area contributed by atoms with Gasteiger partial charge in [-0.05, 0) is 50.0 Å². The Balaban J connectivity index is 1.16. The van der Waals surface area contributed by atoms with Crippen molar-refractivity contribution in [3.63, 3.8) is 0 Å². The van der Waals surface area contributed by atoms with Gasteiger partial charge in [-0.1, -0.05) is 55.8 Å². The fourth-order valence-electron chi connectivity index (χ4n) is 5.43. The van der Waals surface area contributed by atoms with Crippen LogP contribution in [0.4, 0.5) is 23.4 Å². The second-order valence-electron chi connectivity index (χ2n) is 11.2. The van der Waals surface area contributed by atoms with Crippen molar-refractivity contribution in [2.75, 3.05) is 19.3 Å². The largest absolute Gasteiger partial charge is 0.420 e. The van der Waals surface area contributed by atoms with E-state index in [-0.39, 0.29) is 12.5 Å². The van der Waals surface area contributed by atoms with Crippen LogP contribution in [0, 0.1) is 23.3 Å². The van der Waals surface area contributed by atoms with E-state index < -0.39 is 35.0 Å². The van der Waals surface area contributed by atoms with Crippen molar-refractivity contribution in [2.45, 2.75) is 58.5 Å². The number of pyridine rings is 1. The molecule has 0 radical (unpaired) electrons. The molecule has 2 heterocycles. The van der Waals surface area contributed by atoms with Gasteiger partial charge in [0.05, 0.1) is 17.5 Å². The van der Waals surface area contributed by atoms with Crippen molar-refractivity contribution in [3.05, 3.63) is 94.8 Å². The molecule has 0 atom stereocenters. The number of aryl methyl sites for hydroxylation is 2. The summed E-state index contributed by atoms with van der Waals surface area (Å²) in [6.07, 6.45) is 4.57. The lowest BCUT2D eigenvalue weighted by molar-refractivity contribution is -0.134. The first-order valence-corrected chi connectivity index (χ1v) is 15.0. The van der Waals surface area contributed by atoms with Gasteiger partial charge >= 0.3 is 5.97 Å². The van der Waals surface area contributed by atoms with Crippen LogP contribution in [0.25, 0.3) is 21.9 Å². The molecule has 0 aliphatic rings. The van der Waals surface area contributed by atoms with E-state index in [9.17, 15) is 22.4 Å². The van der Waals surface area contributed by atoms with E-state index >= 15 is 0 Å². The Morgan fingerprint density at radius 3 is 2.33 bits per heavy atom. The summed E-state index contributed by atoms with van der Waals surface area (Å²) in [4.78, 5) is 23.9. The van der Waals surface area contributed by atoms with Crippen LogP contribution in [0.5, 0.6) is 5.75 Å². The molecular weight excluding hydrogens is 586 g/mol. The molecule has 0 saturated carbocycles. The Labute approximate surface area is 258 Å². The van der Waals surface area contributed by atoms with Gasteiger partial charge in [-0.15, -0.1) is 0 Å². The zero-order valence-corrected chi connectivity index (χ0v) is 25.3. The van der Waals surface area contributed by atoms with Gasteiger partial charge in [-0.25, -0.2) is 18.7 Å². The number of aromatic nitrogens is 3. The number of fused-ring (bicyclic) bond motifs is 3. The molecule has 0 bridgehead atoms. The maximum absolute atomic E-state index is 13.8. The van der Waals surface area contributed by atoms with Crippen molar-refractivity contribution >= 4 is 33.7 Å². The molecule has 236 valence electrons. The number of carbonyl (C=O) groups excluding carboxylic acids is 1. The van der Waals surface area contributed by atoms with Crippen LogP contribution in [0.3, 0.4) is 0 Å². The smallest absolute Gasteiger partial charge is 0.315 e. The maximum Gasteiger partial charge on any atom is 0.315 e. The molecule has 0 unspecified atom stereocenters. The summed E-state index contributed by atoms with van der Waals surface area (Å²) >= 11 is 0. The van der Waals surface area contributed by atoms with Crippen molar-refractivity contribution < 1.29 is 27.1 Å². The van der Waals surface area contributed by atoms with Gasteiger partial charge in [0.1, 0.15) is 11.3 Å². The molecular formula is C34H35F4N5O2. The first-order valence-electron chi connectivity index (χ1n) is 15.0. The fraction of sp³-hybridized carbons (Fsp3) is 0.324. The Bertz CT molecular complexity index is 1800. The number of para-hydroxylation sites is 1. The second kappa shape index (κ2) is 14.1. The lowest BCUT2D eigenvalue weighted by Gasteiger charge is -2.17. The SMILES string of the molecule is CCCCc1nc2c(N)nc3ccccc3c2n1CCCCN(C)Cc1ccc(CC(=O)Oc2c(F)c(F)cc(F)c2F)cc1. The quantitative estimate of drug-likeness (QED) is 0.0495. The molecule has 0 aliphatic carbocycles. The number of unbranched alkanes of at least 4 members (excludes halogenated alkanes) is 2. The summed E-state index contributed by atoms with van der Waals surface area (Å²) < 4.78 is 61.3. The number of carbonyl (C=O) groups is 1. The molecule has 11 heteroatoms. The van der Waals surface area contributed by atoms with Gasteiger partial charge < -0.3 is 19.9 Å². The van der Waals surface area contributed by atoms with Crippen LogP contribution in [-0.4, -0.2) is 39.0 Å². The molecule has 0 spiro atoms.